The summed E-state index contributed by atoms with van der Waals surface area (Å²) in [4.78, 5) is 12.0. The molecule has 0 fully saturated rings. The van der Waals surface area contributed by atoms with Crippen molar-refractivity contribution < 1.29 is 22.1 Å². The van der Waals surface area contributed by atoms with Crippen LogP contribution in [0.1, 0.15) is 21.5 Å². The third-order valence-corrected chi connectivity index (χ3v) is 5.69. The second-order valence-electron chi connectivity index (χ2n) is 6.45. The molecule has 0 aliphatic rings. The quantitative estimate of drug-likeness (QED) is 0.325. The molecule has 9 heteroatoms. The molecule has 3 aromatic carbocycles. The molecule has 0 atom stereocenters. The number of ether oxygens (including phenoxy) is 1. The zero-order chi connectivity index (χ0) is 22.4. The van der Waals surface area contributed by atoms with E-state index in [1.807, 2.05) is 6.92 Å². The Bertz CT molecular complexity index is 1210. The summed E-state index contributed by atoms with van der Waals surface area (Å²) in [6.45, 7) is 1.85. The van der Waals surface area contributed by atoms with Gasteiger partial charge >= 0.3 is 10.1 Å². The zero-order valence-electron chi connectivity index (χ0n) is 16.7. The minimum Gasteiger partial charge on any atom is -0.493 e. The number of nitrogens with zero attached hydrogens (tertiary/aromatic N) is 1. The molecule has 160 valence electrons. The number of methoxy groups -OCH3 is 1. The van der Waals surface area contributed by atoms with Crippen LogP contribution in [-0.2, 0) is 10.1 Å². The molecule has 0 aliphatic carbocycles. The standard InChI is InChI=1S/C22H19ClN2O5S/c1-15-8-10-18(11-9-15)31(27,28)30-21-19(23)12-16(13-20(21)29-2)14-24-25-22(26)17-6-4-3-5-7-17/h3-14H,1-2H3,(H,25,26)/b24-14+. The van der Waals surface area contributed by atoms with Gasteiger partial charge in [0.2, 0.25) is 5.75 Å². The van der Waals surface area contributed by atoms with E-state index >= 15 is 0 Å². The molecule has 7 nitrogen and oxygen atoms in total. The van der Waals surface area contributed by atoms with E-state index in [0.717, 1.165) is 5.56 Å². The van der Waals surface area contributed by atoms with E-state index in [1.54, 1.807) is 42.5 Å². The van der Waals surface area contributed by atoms with Crippen LogP contribution in [0.25, 0.3) is 0 Å². The number of nitrogens with one attached hydrogen (secondary N) is 1. The number of halogens is 1. The van der Waals surface area contributed by atoms with Crippen molar-refractivity contribution in [3.63, 3.8) is 0 Å². The molecule has 0 heterocycles. The van der Waals surface area contributed by atoms with E-state index in [-0.39, 0.29) is 27.3 Å². The number of hydrogen-bond donors (Lipinski definition) is 1. The van der Waals surface area contributed by atoms with Crippen molar-refractivity contribution >= 4 is 33.8 Å². The molecule has 0 spiro atoms. The van der Waals surface area contributed by atoms with Gasteiger partial charge in [0, 0.05) is 5.56 Å². The van der Waals surface area contributed by atoms with Crippen LogP contribution >= 0.6 is 11.6 Å². The smallest absolute Gasteiger partial charge is 0.339 e. The SMILES string of the molecule is COc1cc(/C=N/NC(=O)c2ccccc2)cc(Cl)c1OS(=O)(=O)c1ccc(C)cc1. The van der Waals surface area contributed by atoms with Crippen LogP contribution in [0, 0.1) is 6.92 Å². The number of benzene rings is 3. The number of hydrogen-bond acceptors (Lipinski definition) is 6. The number of aryl methyl sites for hydroxylation is 1. The molecule has 0 aliphatic heterocycles. The summed E-state index contributed by atoms with van der Waals surface area (Å²) in [5.74, 6) is -0.423. The molecule has 3 rings (SSSR count). The van der Waals surface area contributed by atoms with Gasteiger partial charge in [-0.05, 0) is 48.9 Å². The van der Waals surface area contributed by atoms with E-state index in [0.29, 0.717) is 11.1 Å². The van der Waals surface area contributed by atoms with Crippen LogP contribution in [0.3, 0.4) is 0 Å². The van der Waals surface area contributed by atoms with Crippen molar-refractivity contribution in [3.05, 3.63) is 88.4 Å². The molecule has 0 saturated heterocycles. The lowest BCUT2D eigenvalue weighted by molar-refractivity contribution is 0.0955. The predicted octanol–water partition coefficient (Wildman–Crippen LogP) is 4.19. The van der Waals surface area contributed by atoms with Crippen molar-refractivity contribution in [2.75, 3.05) is 7.11 Å². The lowest BCUT2D eigenvalue weighted by Crippen LogP contribution is -2.17. The molecule has 31 heavy (non-hydrogen) atoms. The Balaban J connectivity index is 1.80. The van der Waals surface area contributed by atoms with Crippen molar-refractivity contribution in [3.8, 4) is 11.5 Å². The van der Waals surface area contributed by atoms with Crippen LogP contribution in [0.2, 0.25) is 5.02 Å². The molecule has 1 amide bonds. The summed E-state index contributed by atoms with van der Waals surface area (Å²) < 4.78 is 35.7. The van der Waals surface area contributed by atoms with E-state index in [9.17, 15) is 13.2 Å². The number of rotatable bonds is 7. The van der Waals surface area contributed by atoms with Gasteiger partial charge < -0.3 is 8.92 Å². The molecule has 0 aromatic heterocycles. The first kappa shape index (κ1) is 22.3. The summed E-state index contributed by atoms with van der Waals surface area (Å²) in [7, 11) is -2.76. The second-order valence-corrected chi connectivity index (χ2v) is 8.40. The monoisotopic (exact) mass is 458 g/mol. The fourth-order valence-corrected chi connectivity index (χ4v) is 3.84. The van der Waals surface area contributed by atoms with Gasteiger partial charge in [-0.25, -0.2) is 5.43 Å². The first-order valence-corrected chi connectivity index (χ1v) is 10.9. The van der Waals surface area contributed by atoms with Crippen LogP contribution in [-0.4, -0.2) is 27.6 Å². The van der Waals surface area contributed by atoms with Gasteiger partial charge in [-0.3, -0.25) is 4.79 Å². The molecule has 1 N–H and O–H groups in total. The van der Waals surface area contributed by atoms with E-state index < -0.39 is 10.1 Å². The second kappa shape index (κ2) is 9.63. The number of carbonyl (C=O) groups excluding carboxylic acids is 1. The maximum atomic E-state index is 12.6. The molecule has 0 radical (unpaired) electrons. The highest BCUT2D eigenvalue weighted by atomic mass is 35.5. The normalized spacial score (nSPS) is 11.3. The van der Waals surface area contributed by atoms with Gasteiger partial charge in [-0.2, -0.15) is 13.5 Å². The van der Waals surface area contributed by atoms with Gasteiger partial charge in [0.15, 0.2) is 5.75 Å². The van der Waals surface area contributed by atoms with Gasteiger partial charge in [0.1, 0.15) is 4.90 Å². The first-order valence-electron chi connectivity index (χ1n) is 9.07. The minimum absolute atomic E-state index is 0.00544. The number of carbonyl (C=O) groups is 1. The summed E-state index contributed by atoms with van der Waals surface area (Å²) >= 11 is 6.25. The van der Waals surface area contributed by atoms with Gasteiger partial charge in [-0.15, -0.1) is 0 Å². The zero-order valence-corrected chi connectivity index (χ0v) is 18.3. The minimum atomic E-state index is -4.11. The molecule has 3 aromatic rings. The lowest BCUT2D eigenvalue weighted by atomic mass is 10.2. The number of hydrazone groups is 1. The highest BCUT2D eigenvalue weighted by Crippen LogP contribution is 2.38. The molecule has 0 unspecified atom stereocenters. The van der Waals surface area contributed by atoms with Crippen molar-refractivity contribution in [2.45, 2.75) is 11.8 Å². The van der Waals surface area contributed by atoms with Crippen LogP contribution in [0.5, 0.6) is 11.5 Å². The van der Waals surface area contributed by atoms with Crippen LogP contribution in [0.4, 0.5) is 0 Å². The first-order chi connectivity index (χ1) is 14.8. The van der Waals surface area contributed by atoms with E-state index in [4.69, 9.17) is 20.5 Å². The molecular weight excluding hydrogens is 440 g/mol. The van der Waals surface area contributed by atoms with Crippen LogP contribution in [0.15, 0.2) is 76.7 Å². The topological polar surface area (TPSA) is 94.1 Å². The fourth-order valence-electron chi connectivity index (χ4n) is 2.58. The highest BCUT2D eigenvalue weighted by Gasteiger charge is 2.22. The predicted molar refractivity (Wildman–Crippen MR) is 118 cm³/mol. The van der Waals surface area contributed by atoms with Crippen molar-refractivity contribution in [2.24, 2.45) is 5.10 Å². The average Bonchev–Trinajstić information content (AvgIpc) is 2.76. The Morgan fingerprint density at radius 3 is 2.39 bits per heavy atom. The average molecular weight is 459 g/mol. The summed E-state index contributed by atoms with van der Waals surface area (Å²) in [5, 5.41) is 3.90. The summed E-state index contributed by atoms with van der Waals surface area (Å²) in [6, 6.07) is 17.8. The van der Waals surface area contributed by atoms with Crippen molar-refractivity contribution in [1.29, 1.82) is 0 Å². The maximum absolute atomic E-state index is 12.6. The molecular formula is C22H19ClN2O5S. The third kappa shape index (κ3) is 5.62. The van der Waals surface area contributed by atoms with E-state index in [1.165, 1.54) is 37.6 Å². The van der Waals surface area contributed by atoms with Gasteiger partial charge in [0.05, 0.1) is 18.3 Å². The lowest BCUT2D eigenvalue weighted by Gasteiger charge is -2.13. The Morgan fingerprint density at radius 1 is 1.06 bits per heavy atom. The van der Waals surface area contributed by atoms with Crippen LogP contribution < -0.4 is 14.3 Å². The maximum Gasteiger partial charge on any atom is 0.339 e. The summed E-state index contributed by atoms with van der Waals surface area (Å²) in [6.07, 6.45) is 1.35. The Kier molecular flexibility index (Phi) is 6.94. The van der Waals surface area contributed by atoms with Gasteiger partial charge in [-0.1, -0.05) is 47.5 Å². The number of amides is 1. The Hall–Kier alpha value is -3.36. The highest BCUT2D eigenvalue weighted by molar-refractivity contribution is 7.87. The third-order valence-electron chi connectivity index (χ3n) is 4.17. The fraction of sp³-hybridized carbons (Fsp3) is 0.0909. The van der Waals surface area contributed by atoms with Crippen molar-refractivity contribution in [1.82, 2.24) is 5.43 Å². The Morgan fingerprint density at radius 2 is 1.74 bits per heavy atom. The molecule has 0 saturated carbocycles. The Labute approximate surface area is 185 Å². The molecule has 0 bridgehead atoms. The van der Waals surface area contributed by atoms with Gasteiger partial charge in [0.25, 0.3) is 5.91 Å². The largest absolute Gasteiger partial charge is 0.493 e. The van der Waals surface area contributed by atoms with E-state index in [2.05, 4.69) is 10.5 Å². The summed E-state index contributed by atoms with van der Waals surface area (Å²) in [5.41, 5.74) is 4.24.